The number of aromatic nitrogens is 3. The van der Waals surface area contributed by atoms with Gasteiger partial charge in [-0.3, -0.25) is 14.9 Å². The molecule has 0 amide bonds. The maximum atomic E-state index is 13.2. The number of nitrogens with zero attached hydrogens (tertiary/aromatic N) is 4. The molecule has 0 saturated carbocycles. The summed E-state index contributed by atoms with van der Waals surface area (Å²) in [5, 5.41) is 19.0. The molecule has 0 unspecified atom stereocenters. The highest BCUT2D eigenvalue weighted by Crippen LogP contribution is 2.44. The predicted octanol–water partition coefficient (Wildman–Crippen LogP) is 3.50. The number of carbonyl (C=O) groups is 1. The Hall–Kier alpha value is -3.75. The first kappa shape index (κ1) is 17.4. The first-order valence-corrected chi connectivity index (χ1v) is 9.25. The summed E-state index contributed by atoms with van der Waals surface area (Å²) in [4.78, 5) is 28.5. The van der Waals surface area contributed by atoms with E-state index in [-0.39, 0.29) is 17.4 Å². The molecule has 5 rings (SSSR count). The van der Waals surface area contributed by atoms with Crippen LogP contribution in [-0.2, 0) is 4.79 Å². The van der Waals surface area contributed by atoms with Crippen molar-refractivity contribution in [3.05, 3.63) is 81.2 Å². The van der Waals surface area contributed by atoms with Gasteiger partial charge in [0.2, 0.25) is 5.95 Å². The number of furan rings is 1. The average molecular weight is 391 g/mol. The summed E-state index contributed by atoms with van der Waals surface area (Å²) in [6, 6.07) is 9.45. The monoisotopic (exact) mass is 391 g/mol. The number of Topliss-reactive ketones (excluding diaryl/α,β-unsaturated/α-hetero) is 1. The number of nitrogens with one attached hydrogen (secondary N) is 1. The number of ketones is 1. The van der Waals surface area contributed by atoms with E-state index >= 15 is 0 Å². The van der Waals surface area contributed by atoms with Crippen LogP contribution in [-0.4, -0.2) is 25.5 Å². The van der Waals surface area contributed by atoms with Gasteiger partial charge in [-0.25, -0.2) is 4.68 Å². The Labute approximate surface area is 165 Å². The number of anilines is 1. The van der Waals surface area contributed by atoms with Gasteiger partial charge in [-0.15, -0.1) is 0 Å². The second kappa shape index (κ2) is 6.40. The second-order valence-corrected chi connectivity index (χ2v) is 7.24. The molecule has 146 valence electrons. The van der Waals surface area contributed by atoms with Crippen molar-refractivity contribution < 1.29 is 14.1 Å². The van der Waals surface area contributed by atoms with E-state index in [0.717, 1.165) is 11.5 Å². The Bertz CT molecular complexity index is 1160. The van der Waals surface area contributed by atoms with E-state index in [1.165, 1.54) is 12.1 Å². The Kier molecular flexibility index (Phi) is 3.83. The molecule has 3 aromatic rings. The smallest absolute Gasteiger partial charge is 0.269 e. The lowest BCUT2D eigenvalue weighted by atomic mass is 9.79. The number of hydrogen-bond acceptors (Lipinski definition) is 7. The second-order valence-electron chi connectivity index (χ2n) is 7.24. The number of non-ortho nitro benzene ring substituents is 1. The van der Waals surface area contributed by atoms with Crippen molar-refractivity contribution in [2.45, 2.75) is 31.7 Å². The highest BCUT2D eigenvalue weighted by molar-refractivity contribution is 6.00. The van der Waals surface area contributed by atoms with Crippen molar-refractivity contribution in [3.8, 4) is 0 Å². The first-order valence-electron chi connectivity index (χ1n) is 9.25. The molecular formula is C20H17N5O4. The largest absolute Gasteiger partial charge is 0.469 e. The molecule has 2 aromatic heterocycles. The van der Waals surface area contributed by atoms with Crippen LogP contribution in [0.1, 0.15) is 41.9 Å². The van der Waals surface area contributed by atoms with Crippen molar-refractivity contribution in [1.29, 1.82) is 0 Å². The van der Waals surface area contributed by atoms with Crippen LogP contribution in [0.25, 0.3) is 0 Å². The minimum atomic E-state index is -0.563. The van der Waals surface area contributed by atoms with Crippen molar-refractivity contribution in [2.24, 2.45) is 0 Å². The van der Waals surface area contributed by atoms with Gasteiger partial charge >= 0.3 is 0 Å². The van der Waals surface area contributed by atoms with Gasteiger partial charge in [0.25, 0.3) is 5.69 Å². The van der Waals surface area contributed by atoms with Crippen LogP contribution in [0.4, 0.5) is 11.6 Å². The van der Waals surface area contributed by atoms with E-state index in [0.29, 0.717) is 35.8 Å². The fourth-order valence-corrected chi connectivity index (χ4v) is 4.16. The van der Waals surface area contributed by atoms with Crippen molar-refractivity contribution in [3.63, 3.8) is 0 Å². The number of benzene rings is 1. The van der Waals surface area contributed by atoms with Crippen LogP contribution >= 0.6 is 0 Å². The van der Waals surface area contributed by atoms with Crippen LogP contribution in [0.15, 0.2) is 58.3 Å². The SMILES string of the molecule is Cc1nc2n(n1)[C@@H](c1cccc([N+](=O)[O-])c1)C1=C(C[C@@H](c3ccco3)CC1=O)N2. The lowest BCUT2D eigenvalue weighted by molar-refractivity contribution is -0.384. The van der Waals surface area contributed by atoms with E-state index in [4.69, 9.17) is 4.42 Å². The summed E-state index contributed by atoms with van der Waals surface area (Å²) in [5.41, 5.74) is 1.94. The lowest BCUT2D eigenvalue weighted by Crippen LogP contribution is -2.33. The fraction of sp³-hybridized carbons (Fsp3) is 0.250. The molecule has 0 fully saturated rings. The standard InChI is InChI=1S/C20H17N5O4/c1-11-21-20-22-15-9-13(17-6-3-7-29-17)10-16(26)18(15)19(24(20)23-11)12-4-2-5-14(8-12)25(27)28/h2-8,13,19H,9-10H2,1H3,(H,21,22,23)/t13-,19+/m1/s1. The molecule has 0 spiro atoms. The molecule has 3 heterocycles. The van der Waals surface area contributed by atoms with Gasteiger partial charge in [-0.05, 0) is 31.0 Å². The number of allylic oxidation sites excluding steroid dienone is 2. The maximum Gasteiger partial charge on any atom is 0.269 e. The lowest BCUT2D eigenvalue weighted by Gasteiger charge is -2.34. The van der Waals surface area contributed by atoms with Crippen LogP contribution < -0.4 is 5.32 Å². The minimum Gasteiger partial charge on any atom is -0.469 e. The van der Waals surface area contributed by atoms with Gasteiger partial charge in [-0.1, -0.05) is 12.1 Å². The third-order valence-corrected chi connectivity index (χ3v) is 5.37. The van der Waals surface area contributed by atoms with Gasteiger partial charge < -0.3 is 9.73 Å². The molecule has 0 bridgehead atoms. The van der Waals surface area contributed by atoms with E-state index < -0.39 is 11.0 Å². The van der Waals surface area contributed by atoms with Gasteiger partial charge in [0.1, 0.15) is 17.6 Å². The summed E-state index contributed by atoms with van der Waals surface area (Å²) >= 11 is 0. The molecule has 1 aromatic carbocycles. The molecule has 1 aliphatic heterocycles. The molecule has 1 N–H and O–H groups in total. The molecule has 9 heteroatoms. The molecule has 2 aliphatic rings. The number of aryl methyl sites for hydroxylation is 1. The number of nitro benzene ring substituents is 1. The van der Waals surface area contributed by atoms with Crippen molar-refractivity contribution in [2.75, 3.05) is 5.32 Å². The summed E-state index contributed by atoms with van der Waals surface area (Å²) in [6.07, 6.45) is 2.50. The predicted molar refractivity (Wildman–Crippen MR) is 102 cm³/mol. The minimum absolute atomic E-state index is 0.0294. The Morgan fingerprint density at radius 3 is 2.90 bits per heavy atom. The van der Waals surface area contributed by atoms with E-state index in [1.54, 1.807) is 30.0 Å². The summed E-state index contributed by atoms with van der Waals surface area (Å²) in [6.45, 7) is 1.77. The molecular weight excluding hydrogens is 374 g/mol. The van der Waals surface area contributed by atoms with Gasteiger partial charge in [0.05, 0.1) is 11.2 Å². The Balaban J connectivity index is 1.65. The normalized spacial score (nSPS) is 20.8. The van der Waals surface area contributed by atoms with E-state index in [1.807, 2.05) is 12.1 Å². The summed E-state index contributed by atoms with van der Waals surface area (Å²) < 4.78 is 7.15. The Morgan fingerprint density at radius 1 is 1.28 bits per heavy atom. The molecule has 0 saturated heterocycles. The average Bonchev–Trinajstić information content (AvgIpc) is 3.35. The van der Waals surface area contributed by atoms with E-state index in [2.05, 4.69) is 15.4 Å². The summed E-state index contributed by atoms with van der Waals surface area (Å²) in [7, 11) is 0. The number of carbonyl (C=O) groups excluding carboxylic acids is 1. The zero-order valence-electron chi connectivity index (χ0n) is 15.5. The zero-order valence-corrected chi connectivity index (χ0v) is 15.5. The van der Waals surface area contributed by atoms with Crippen molar-refractivity contribution >= 4 is 17.4 Å². The van der Waals surface area contributed by atoms with Crippen LogP contribution in [0, 0.1) is 17.0 Å². The third kappa shape index (κ3) is 2.82. The molecule has 9 nitrogen and oxygen atoms in total. The van der Waals surface area contributed by atoms with Crippen molar-refractivity contribution in [1.82, 2.24) is 14.8 Å². The molecule has 1 aliphatic carbocycles. The first-order chi connectivity index (χ1) is 14.0. The number of rotatable bonds is 3. The third-order valence-electron chi connectivity index (χ3n) is 5.37. The fourth-order valence-electron chi connectivity index (χ4n) is 4.16. The zero-order chi connectivity index (χ0) is 20.1. The number of fused-ring (bicyclic) bond motifs is 1. The number of nitro groups is 1. The van der Waals surface area contributed by atoms with Crippen LogP contribution in [0.3, 0.4) is 0 Å². The van der Waals surface area contributed by atoms with Gasteiger partial charge in [0.15, 0.2) is 5.78 Å². The summed E-state index contributed by atoms with van der Waals surface area (Å²) in [5.74, 6) is 1.74. The van der Waals surface area contributed by atoms with Crippen LogP contribution in [0.5, 0.6) is 0 Å². The van der Waals surface area contributed by atoms with E-state index in [9.17, 15) is 14.9 Å². The Morgan fingerprint density at radius 2 is 2.14 bits per heavy atom. The molecule has 0 radical (unpaired) electrons. The highest BCUT2D eigenvalue weighted by atomic mass is 16.6. The maximum absolute atomic E-state index is 13.2. The molecule has 2 atom stereocenters. The molecule has 29 heavy (non-hydrogen) atoms. The van der Waals surface area contributed by atoms with Gasteiger partial charge in [0, 0.05) is 35.7 Å². The number of hydrogen-bond donors (Lipinski definition) is 1. The quantitative estimate of drug-likeness (QED) is 0.536. The van der Waals surface area contributed by atoms with Crippen LogP contribution in [0.2, 0.25) is 0 Å². The highest BCUT2D eigenvalue weighted by Gasteiger charge is 2.40. The van der Waals surface area contributed by atoms with Gasteiger partial charge in [-0.2, -0.15) is 10.1 Å². The topological polar surface area (TPSA) is 116 Å².